The minimum absolute atomic E-state index is 0.238. The Bertz CT molecular complexity index is 1420. The minimum Gasteiger partial charge on any atom is -0.493 e. The summed E-state index contributed by atoms with van der Waals surface area (Å²) in [5, 5.41) is 3.08. The highest BCUT2D eigenvalue weighted by molar-refractivity contribution is 6.02. The first-order valence-electron chi connectivity index (χ1n) is 13.0. The number of hydrogen-bond acceptors (Lipinski definition) is 8. The summed E-state index contributed by atoms with van der Waals surface area (Å²) in [6.07, 6.45) is 0.563. The van der Waals surface area contributed by atoms with Crippen molar-refractivity contribution in [2.75, 3.05) is 56.3 Å². The van der Waals surface area contributed by atoms with Crippen LogP contribution in [-0.4, -0.2) is 73.0 Å². The lowest BCUT2D eigenvalue weighted by Gasteiger charge is -2.40. The van der Waals surface area contributed by atoms with E-state index in [2.05, 4.69) is 5.32 Å². The Balaban J connectivity index is 1.73. The molecule has 0 bridgehead atoms. The molecule has 0 spiro atoms. The number of carbonyl (C=O) groups excluding carboxylic acids is 2. The Morgan fingerprint density at radius 1 is 0.732 bits per heavy atom. The number of carbonyl (C=O) groups is 2. The van der Waals surface area contributed by atoms with E-state index in [1.54, 1.807) is 64.7 Å². The Morgan fingerprint density at radius 3 is 1.88 bits per heavy atom. The molecule has 10 heteroatoms. The van der Waals surface area contributed by atoms with Gasteiger partial charge in [-0.25, -0.2) is 0 Å². The summed E-state index contributed by atoms with van der Waals surface area (Å²) < 4.78 is 32.7. The second kappa shape index (κ2) is 12.7. The van der Waals surface area contributed by atoms with Crippen LogP contribution in [0.3, 0.4) is 0 Å². The fourth-order valence-electron chi connectivity index (χ4n) is 5.26. The van der Waals surface area contributed by atoms with Gasteiger partial charge in [0, 0.05) is 19.2 Å². The van der Waals surface area contributed by atoms with Crippen molar-refractivity contribution >= 4 is 11.8 Å². The standard InChI is InChI=1S/C31H36N2O8/c1-33-29(19-9-11-23(37-3)25(15-19)39-5)28(20-16-26(40-6)27(41-7)17-21(20)31(33)35)30(34)32-13-12-18-8-10-22(36-2)24(14-18)38-4/h8-11,14-17,28-29H,12-13H2,1-7H3,(H,32,34)/t28-,29-/m0/s1. The third-order valence-electron chi connectivity index (χ3n) is 7.37. The Labute approximate surface area is 240 Å². The van der Waals surface area contributed by atoms with Crippen molar-refractivity contribution in [3.8, 4) is 34.5 Å². The lowest BCUT2D eigenvalue weighted by molar-refractivity contribution is -0.124. The van der Waals surface area contributed by atoms with Crippen molar-refractivity contribution in [2.45, 2.75) is 18.4 Å². The summed E-state index contributed by atoms with van der Waals surface area (Å²) in [5.41, 5.74) is 2.62. The fourth-order valence-corrected chi connectivity index (χ4v) is 5.26. The molecule has 1 aliphatic heterocycles. The zero-order valence-corrected chi connectivity index (χ0v) is 24.4. The number of benzene rings is 3. The monoisotopic (exact) mass is 564 g/mol. The molecule has 1 aliphatic rings. The molecule has 4 rings (SSSR count). The Morgan fingerprint density at radius 2 is 1.27 bits per heavy atom. The second-order valence-corrected chi connectivity index (χ2v) is 9.48. The quantitative estimate of drug-likeness (QED) is 0.373. The largest absolute Gasteiger partial charge is 0.493 e. The molecular weight excluding hydrogens is 528 g/mol. The summed E-state index contributed by atoms with van der Waals surface area (Å²) in [6, 6.07) is 13.8. The molecule has 0 saturated carbocycles. The molecule has 0 aliphatic carbocycles. The third-order valence-corrected chi connectivity index (χ3v) is 7.37. The summed E-state index contributed by atoms with van der Waals surface area (Å²) in [4.78, 5) is 29.2. The number of nitrogens with zero attached hydrogens (tertiary/aromatic N) is 1. The number of rotatable bonds is 11. The normalized spacial score (nSPS) is 16.0. The number of fused-ring (bicyclic) bond motifs is 1. The molecule has 41 heavy (non-hydrogen) atoms. The number of methoxy groups -OCH3 is 6. The molecule has 0 saturated heterocycles. The number of ether oxygens (including phenoxy) is 6. The molecule has 10 nitrogen and oxygen atoms in total. The van der Waals surface area contributed by atoms with Gasteiger partial charge in [0.05, 0.1) is 54.6 Å². The van der Waals surface area contributed by atoms with E-state index in [4.69, 9.17) is 28.4 Å². The molecule has 0 fully saturated rings. The molecule has 1 heterocycles. The molecular formula is C31H36N2O8. The molecule has 0 unspecified atom stereocenters. The highest BCUT2D eigenvalue weighted by Gasteiger charge is 2.43. The average Bonchev–Trinajstić information content (AvgIpc) is 3.01. The van der Waals surface area contributed by atoms with Gasteiger partial charge in [-0.05, 0) is 59.5 Å². The van der Waals surface area contributed by atoms with Crippen molar-refractivity contribution in [2.24, 2.45) is 0 Å². The van der Waals surface area contributed by atoms with Crippen LogP contribution < -0.4 is 33.7 Å². The van der Waals surface area contributed by atoms with Crippen LogP contribution in [0.25, 0.3) is 0 Å². The predicted molar refractivity (Wildman–Crippen MR) is 153 cm³/mol. The van der Waals surface area contributed by atoms with Crippen LogP contribution in [0.5, 0.6) is 34.5 Å². The minimum atomic E-state index is -0.754. The number of hydrogen-bond donors (Lipinski definition) is 1. The van der Waals surface area contributed by atoms with Gasteiger partial charge >= 0.3 is 0 Å². The van der Waals surface area contributed by atoms with Gasteiger partial charge in [0.2, 0.25) is 5.91 Å². The average molecular weight is 565 g/mol. The first kappa shape index (κ1) is 29.4. The van der Waals surface area contributed by atoms with Gasteiger partial charge in [-0.15, -0.1) is 0 Å². The van der Waals surface area contributed by atoms with E-state index >= 15 is 0 Å². The van der Waals surface area contributed by atoms with Crippen LogP contribution >= 0.6 is 0 Å². The summed E-state index contributed by atoms with van der Waals surface area (Å²) >= 11 is 0. The van der Waals surface area contributed by atoms with Crippen LogP contribution in [0.15, 0.2) is 48.5 Å². The third kappa shape index (κ3) is 5.68. The number of amides is 2. The maximum atomic E-state index is 14.0. The summed E-state index contributed by atoms with van der Waals surface area (Å²) in [7, 11) is 11.0. The molecule has 1 N–H and O–H groups in total. The highest BCUT2D eigenvalue weighted by Crippen LogP contribution is 2.46. The van der Waals surface area contributed by atoms with E-state index in [9.17, 15) is 9.59 Å². The van der Waals surface area contributed by atoms with Crippen LogP contribution in [-0.2, 0) is 11.2 Å². The highest BCUT2D eigenvalue weighted by atomic mass is 16.5. The van der Waals surface area contributed by atoms with Crippen LogP contribution in [0.2, 0.25) is 0 Å². The van der Waals surface area contributed by atoms with Gasteiger partial charge in [0.1, 0.15) is 0 Å². The molecule has 218 valence electrons. The predicted octanol–water partition coefficient (Wildman–Crippen LogP) is 4.01. The molecule has 2 amide bonds. The van der Waals surface area contributed by atoms with E-state index < -0.39 is 12.0 Å². The van der Waals surface area contributed by atoms with Gasteiger partial charge in [-0.1, -0.05) is 12.1 Å². The van der Waals surface area contributed by atoms with E-state index in [-0.39, 0.29) is 11.8 Å². The lowest BCUT2D eigenvalue weighted by Crippen LogP contribution is -2.46. The van der Waals surface area contributed by atoms with Crippen molar-refractivity contribution in [1.82, 2.24) is 10.2 Å². The first-order chi connectivity index (χ1) is 19.8. The lowest BCUT2D eigenvalue weighted by atomic mass is 9.79. The van der Waals surface area contributed by atoms with Crippen LogP contribution in [0.4, 0.5) is 0 Å². The number of nitrogens with one attached hydrogen (secondary N) is 1. The van der Waals surface area contributed by atoms with Crippen molar-refractivity contribution in [3.05, 3.63) is 70.8 Å². The Hall–Kier alpha value is -4.60. The van der Waals surface area contributed by atoms with E-state index in [0.29, 0.717) is 58.6 Å². The van der Waals surface area contributed by atoms with Crippen LogP contribution in [0, 0.1) is 0 Å². The summed E-state index contributed by atoms with van der Waals surface area (Å²) in [5.74, 6) is 1.90. The number of likely N-dealkylation sites (N-methyl/N-ethyl adjacent to an activating group) is 1. The molecule has 0 radical (unpaired) electrons. The Kier molecular flexibility index (Phi) is 9.11. The maximum absolute atomic E-state index is 14.0. The second-order valence-electron chi connectivity index (χ2n) is 9.48. The molecule has 0 aromatic heterocycles. The molecule has 2 atom stereocenters. The molecule has 3 aromatic rings. The SMILES string of the molecule is COc1ccc(CCNC(=O)[C@H]2c3cc(OC)c(OC)cc3C(=O)N(C)[C@H]2c2ccc(OC)c(OC)c2)cc1OC. The van der Waals surface area contributed by atoms with Crippen molar-refractivity contribution in [3.63, 3.8) is 0 Å². The maximum Gasteiger partial charge on any atom is 0.254 e. The van der Waals surface area contributed by atoms with Crippen molar-refractivity contribution in [1.29, 1.82) is 0 Å². The fraction of sp³-hybridized carbons (Fsp3) is 0.355. The first-order valence-corrected chi connectivity index (χ1v) is 13.0. The van der Waals surface area contributed by atoms with Crippen molar-refractivity contribution < 1.29 is 38.0 Å². The van der Waals surface area contributed by atoms with Gasteiger partial charge in [-0.2, -0.15) is 0 Å². The smallest absolute Gasteiger partial charge is 0.254 e. The van der Waals surface area contributed by atoms with Crippen LogP contribution in [0.1, 0.15) is 39.0 Å². The zero-order chi connectivity index (χ0) is 29.7. The van der Waals surface area contributed by atoms with Gasteiger partial charge in [0.25, 0.3) is 5.91 Å². The molecule has 3 aromatic carbocycles. The van der Waals surface area contributed by atoms with Gasteiger partial charge in [-0.3, -0.25) is 9.59 Å². The van der Waals surface area contributed by atoms with E-state index in [1.165, 1.54) is 14.2 Å². The zero-order valence-electron chi connectivity index (χ0n) is 24.4. The van der Waals surface area contributed by atoms with E-state index in [0.717, 1.165) is 11.1 Å². The topological polar surface area (TPSA) is 105 Å². The van der Waals surface area contributed by atoms with Gasteiger partial charge in [0.15, 0.2) is 34.5 Å². The van der Waals surface area contributed by atoms with E-state index in [1.807, 2.05) is 24.3 Å². The van der Waals surface area contributed by atoms with Gasteiger partial charge < -0.3 is 38.6 Å². The summed E-state index contributed by atoms with van der Waals surface area (Å²) in [6.45, 7) is 0.365.